The van der Waals surface area contributed by atoms with Crippen molar-refractivity contribution in [2.75, 3.05) is 19.8 Å². The summed E-state index contributed by atoms with van der Waals surface area (Å²) in [5.41, 5.74) is 0. The van der Waals surface area contributed by atoms with Crippen molar-refractivity contribution in [3.63, 3.8) is 0 Å². The molecule has 0 aliphatic carbocycles. The highest BCUT2D eigenvalue weighted by Crippen LogP contribution is 2.21. The number of ether oxygens (including phenoxy) is 2. The zero-order chi connectivity index (χ0) is 22.6. The Morgan fingerprint density at radius 2 is 1.35 bits per heavy atom. The molecule has 3 N–H and O–H groups in total. The summed E-state index contributed by atoms with van der Waals surface area (Å²) in [7, 11) is 0. The van der Waals surface area contributed by atoms with Gasteiger partial charge in [-0.2, -0.15) is 0 Å². The lowest BCUT2D eigenvalue weighted by molar-refractivity contribution is -0.0937. The van der Waals surface area contributed by atoms with Crippen LogP contribution in [0.25, 0.3) is 0 Å². The first-order valence-electron chi connectivity index (χ1n) is 13.1. The molecule has 0 aromatic carbocycles. The van der Waals surface area contributed by atoms with Crippen LogP contribution in [0.5, 0.6) is 0 Å². The maximum absolute atomic E-state index is 9.90. The molecule has 1 rings (SSSR count). The van der Waals surface area contributed by atoms with Gasteiger partial charge in [0, 0.05) is 6.61 Å². The van der Waals surface area contributed by atoms with Crippen LogP contribution in [0, 0.1) is 0 Å². The topological polar surface area (TPSA) is 79.2 Å². The van der Waals surface area contributed by atoms with Gasteiger partial charge in [-0.25, -0.2) is 0 Å². The van der Waals surface area contributed by atoms with Crippen LogP contribution in [0.4, 0.5) is 0 Å². The van der Waals surface area contributed by atoms with Crippen molar-refractivity contribution in [1.82, 2.24) is 0 Å². The second-order valence-electron chi connectivity index (χ2n) is 9.10. The molecule has 0 bridgehead atoms. The highest BCUT2D eigenvalue weighted by molar-refractivity contribution is 4.89. The maximum Gasteiger partial charge on any atom is 0.114 e. The van der Waals surface area contributed by atoms with Crippen LogP contribution >= 0.6 is 0 Å². The van der Waals surface area contributed by atoms with Crippen molar-refractivity contribution >= 4 is 0 Å². The van der Waals surface area contributed by atoms with Crippen LogP contribution in [0.15, 0.2) is 12.2 Å². The fourth-order valence-corrected chi connectivity index (χ4v) is 4.18. The van der Waals surface area contributed by atoms with Crippen LogP contribution in [0.3, 0.4) is 0 Å². The molecular weight excluding hydrogens is 392 g/mol. The first-order chi connectivity index (χ1) is 15.2. The van der Waals surface area contributed by atoms with Gasteiger partial charge in [0.15, 0.2) is 0 Å². The van der Waals surface area contributed by atoms with Gasteiger partial charge in [0.2, 0.25) is 0 Å². The van der Waals surface area contributed by atoms with Crippen LogP contribution < -0.4 is 0 Å². The molecule has 5 heteroatoms. The Labute approximate surface area is 191 Å². The fourth-order valence-electron chi connectivity index (χ4n) is 4.18. The van der Waals surface area contributed by atoms with Crippen molar-refractivity contribution in [2.45, 2.75) is 134 Å². The van der Waals surface area contributed by atoms with E-state index in [9.17, 15) is 10.2 Å². The lowest BCUT2D eigenvalue weighted by Crippen LogP contribution is -2.42. The number of hydrogen-bond acceptors (Lipinski definition) is 5. The normalized spacial score (nSPS) is 22.5. The van der Waals surface area contributed by atoms with E-state index in [2.05, 4.69) is 19.1 Å². The van der Waals surface area contributed by atoms with E-state index >= 15 is 0 Å². The molecule has 0 amide bonds. The van der Waals surface area contributed by atoms with Gasteiger partial charge in [0.05, 0.1) is 13.2 Å². The molecule has 0 saturated carbocycles. The first kappa shape index (κ1) is 28.6. The number of rotatable bonds is 21. The molecule has 184 valence electrons. The molecule has 1 fully saturated rings. The van der Waals surface area contributed by atoms with Crippen molar-refractivity contribution < 1.29 is 24.8 Å². The van der Waals surface area contributed by atoms with Crippen molar-refractivity contribution in [2.24, 2.45) is 0 Å². The van der Waals surface area contributed by atoms with E-state index in [-0.39, 0.29) is 13.2 Å². The molecule has 0 spiro atoms. The molecule has 5 nitrogen and oxygen atoms in total. The van der Waals surface area contributed by atoms with Gasteiger partial charge >= 0.3 is 0 Å². The minimum Gasteiger partial charge on any atom is -0.394 e. The highest BCUT2D eigenvalue weighted by Gasteiger charge is 2.40. The summed E-state index contributed by atoms with van der Waals surface area (Å²) >= 11 is 0. The Bertz CT molecular complexity index is 415. The summed E-state index contributed by atoms with van der Waals surface area (Å²) in [6.45, 7) is 2.58. The lowest BCUT2D eigenvalue weighted by atomic mass is 10.1. The van der Waals surface area contributed by atoms with E-state index in [4.69, 9.17) is 14.6 Å². The van der Waals surface area contributed by atoms with E-state index in [1.807, 2.05) is 0 Å². The molecule has 0 aromatic heterocycles. The minimum atomic E-state index is -1.01. The molecule has 1 aliphatic heterocycles. The summed E-state index contributed by atoms with van der Waals surface area (Å²) in [6.07, 6.45) is 22.5. The van der Waals surface area contributed by atoms with E-state index in [0.29, 0.717) is 6.61 Å². The van der Waals surface area contributed by atoms with Gasteiger partial charge in [-0.1, -0.05) is 89.7 Å². The van der Waals surface area contributed by atoms with E-state index in [1.165, 1.54) is 77.0 Å². The van der Waals surface area contributed by atoms with Crippen LogP contribution in [0.2, 0.25) is 0 Å². The molecule has 4 atom stereocenters. The first-order valence-corrected chi connectivity index (χ1v) is 13.1. The second kappa shape index (κ2) is 20.2. The molecule has 0 radical (unpaired) electrons. The van der Waals surface area contributed by atoms with Crippen LogP contribution in [-0.2, 0) is 9.47 Å². The molecular formula is C26H50O5. The standard InChI is InChI=1S/C26H50O5/c1-2-3-4-5-6-7-8-9-10-11-12-13-14-15-16-17-18-19-20-30-26-24(29)22-31-25(26)23(28)21-27/h14-15,23-29H,2-13,16-22H2,1H3/b15-14+/t23-,24+,25+,26+/m1/s1. The van der Waals surface area contributed by atoms with Crippen molar-refractivity contribution in [3.8, 4) is 0 Å². The third-order valence-electron chi connectivity index (χ3n) is 6.20. The predicted molar refractivity (Wildman–Crippen MR) is 127 cm³/mol. The third kappa shape index (κ3) is 14.3. The van der Waals surface area contributed by atoms with E-state index < -0.39 is 24.4 Å². The summed E-state index contributed by atoms with van der Waals surface area (Å²) in [5.74, 6) is 0. The van der Waals surface area contributed by atoms with E-state index in [0.717, 1.165) is 25.7 Å². The van der Waals surface area contributed by atoms with Crippen LogP contribution in [0.1, 0.15) is 110 Å². The van der Waals surface area contributed by atoms with Gasteiger partial charge in [0.25, 0.3) is 0 Å². The molecule has 0 unspecified atom stereocenters. The Balaban J connectivity index is 1.84. The number of aliphatic hydroxyl groups excluding tert-OH is 3. The average Bonchev–Trinajstić information content (AvgIpc) is 3.15. The number of unbranched alkanes of at least 4 members (excludes halogenated alkanes) is 14. The average molecular weight is 443 g/mol. The Hall–Kier alpha value is -0.460. The summed E-state index contributed by atoms with van der Waals surface area (Å²) < 4.78 is 11.0. The maximum atomic E-state index is 9.90. The number of aliphatic hydroxyl groups is 3. The smallest absolute Gasteiger partial charge is 0.114 e. The van der Waals surface area contributed by atoms with Crippen molar-refractivity contribution in [3.05, 3.63) is 12.2 Å². The quantitative estimate of drug-likeness (QED) is 0.166. The zero-order valence-corrected chi connectivity index (χ0v) is 20.1. The monoisotopic (exact) mass is 442 g/mol. The minimum absolute atomic E-state index is 0.149. The number of hydrogen-bond donors (Lipinski definition) is 3. The van der Waals surface area contributed by atoms with Gasteiger partial charge in [-0.05, 0) is 32.1 Å². The summed E-state index contributed by atoms with van der Waals surface area (Å²) in [5, 5.41) is 28.7. The zero-order valence-electron chi connectivity index (χ0n) is 20.1. The van der Waals surface area contributed by atoms with Crippen LogP contribution in [-0.4, -0.2) is 59.6 Å². The van der Waals surface area contributed by atoms with Gasteiger partial charge < -0.3 is 24.8 Å². The Morgan fingerprint density at radius 3 is 1.90 bits per heavy atom. The lowest BCUT2D eigenvalue weighted by Gasteiger charge is -2.23. The summed E-state index contributed by atoms with van der Waals surface area (Å²) in [4.78, 5) is 0. The predicted octanol–water partition coefficient (Wildman–Crippen LogP) is 5.30. The SMILES string of the molecule is CCCCCCCCCCCCC/C=C/CCCCCO[C@@H]1[C@H]([C@H](O)CO)OC[C@@H]1O. The van der Waals surface area contributed by atoms with E-state index in [1.54, 1.807) is 0 Å². The molecule has 1 aliphatic rings. The molecule has 1 heterocycles. The number of allylic oxidation sites excluding steroid dienone is 2. The molecule has 1 saturated heterocycles. The Kier molecular flexibility index (Phi) is 18.6. The molecule has 0 aromatic rings. The fraction of sp³-hybridized carbons (Fsp3) is 0.923. The highest BCUT2D eigenvalue weighted by atomic mass is 16.6. The van der Waals surface area contributed by atoms with Gasteiger partial charge in [-0.3, -0.25) is 0 Å². The largest absolute Gasteiger partial charge is 0.394 e. The third-order valence-corrected chi connectivity index (χ3v) is 6.20. The Morgan fingerprint density at radius 1 is 0.839 bits per heavy atom. The van der Waals surface area contributed by atoms with Gasteiger partial charge in [-0.15, -0.1) is 0 Å². The van der Waals surface area contributed by atoms with Gasteiger partial charge in [0.1, 0.15) is 24.4 Å². The second-order valence-corrected chi connectivity index (χ2v) is 9.10. The molecule has 31 heavy (non-hydrogen) atoms. The van der Waals surface area contributed by atoms with Crippen molar-refractivity contribution in [1.29, 1.82) is 0 Å². The summed E-state index contributed by atoms with van der Waals surface area (Å²) in [6, 6.07) is 0.